The van der Waals surface area contributed by atoms with Gasteiger partial charge in [0.15, 0.2) is 0 Å². The van der Waals surface area contributed by atoms with Gasteiger partial charge in [-0.05, 0) is 25.8 Å². The predicted molar refractivity (Wildman–Crippen MR) is 57.6 cm³/mol. The maximum absolute atomic E-state index is 11.1. The Balaban J connectivity index is 1.98. The van der Waals surface area contributed by atoms with Crippen molar-refractivity contribution in [2.24, 2.45) is 0 Å². The second-order valence-electron chi connectivity index (χ2n) is 3.55. The summed E-state index contributed by atoms with van der Waals surface area (Å²) < 4.78 is 24.8. The van der Waals surface area contributed by atoms with Gasteiger partial charge in [0.2, 0.25) is 10.0 Å². The van der Waals surface area contributed by atoms with E-state index in [-0.39, 0.29) is 5.75 Å². The molecule has 1 rings (SSSR count). The van der Waals surface area contributed by atoms with Gasteiger partial charge in [-0.25, -0.2) is 13.1 Å². The molecule has 0 spiro atoms. The Labute approximate surface area is 85.8 Å². The molecular formula is C9H18N2O2S. The standard InChI is InChI=1S/C9H18N2O2S/c1-2-8-14(12,13)11-7-3-6-10-9-4-5-9/h2,9-11H,1,3-8H2. The SMILES string of the molecule is C=CCS(=O)(=O)NCCCNC1CC1. The highest BCUT2D eigenvalue weighted by molar-refractivity contribution is 7.89. The average molecular weight is 218 g/mol. The number of hydrogen-bond acceptors (Lipinski definition) is 3. The molecule has 0 aromatic carbocycles. The van der Waals surface area contributed by atoms with E-state index in [2.05, 4.69) is 16.6 Å². The van der Waals surface area contributed by atoms with Crippen LogP contribution in [0.15, 0.2) is 12.7 Å². The molecule has 0 unspecified atom stereocenters. The van der Waals surface area contributed by atoms with Crippen molar-refractivity contribution in [3.8, 4) is 0 Å². The van der Waals surface area contributed by atoms with E-state index < -0.39 is 10.0 Å². The van der Waals surface area contributed by atoms with Gasteiger partial charge >= 0.3 is 0 Å². The largest absolute Gasteiger partial charge is 0.314 e. The summed E-state index contributed by atoms with van der Waals surface area (Å²) in [4.78, 5) is 0. The van der Waals surface area contributed by atoms with Gasteiger partial charge in [-0.1, -0.05) is 6.08 Å². The number of nitrogens with one attached hydrogen (secondary N) is 2. The van der Waals surface area contributed by atoms with Crippen LogP contribution in [0.3, 0.4) is 0 Å². The fraction of sp³-hybridized carbons (Fsp3) is 0.778. The van der Waals surface area contributed by atoms with Crippen LogP contribution in [0.1, 0.15) is 19.3 Å². The van der Waals surface area contributed by atoms with Crippen molar-refractivity contribution >= 4 is 10.0 Å². The summed E-state index contributed by atoms with van der Waals surface area (Å²) in [6, 6.07) is 0.694. The van der Waals surface area contributed by atoms with Crippen molar-refractivity contribution in [3.63, 3.8) is 0 Å². The lowest BCUT2D eigenvalue weighted by Gasteiger charge is -2.04. The van der Waals surface area contributed by atoms with Crippen molar-refractivity contribution in [1.82, 2.24) is 10.0 Å². The highest BCUT2D eigenvalue weighted by Gasteiger charge is 2.19. The molecule has 0 heterocycles. The highest BCUT2D eigenvalue weighted by Crippen LogP contribution is 2.18. The van der Waals surface area contributed by atoms with Crippen molar-refractivity contribution in [1.29, 1.82) is 0 Å². The van der Waals surface area contributed by atoms with Crippen LogP contribution in [-0.4, -0.2) is 33.3 Å². The molecule has 4 nitrogen and oxygen atoms in total. The zero-order valence-electron chi connectivity index (χ0n) is 8.33. The Bertz CT molecular complexity index is 271. The molecule has 0 amide bonds. The topological polar surface area (TPSA) is 58.2 Å². The van der Waals surface area contributed by atoms with E-state index >= 15 is 0 Å². The van der Waals surface area contributed by atoms with Crippen LogP contribution in [0.2, 0.25) is 0 Å². The third-order valence-corrected chi connectivity index (χ3v) is 3.34. The van der Waals surface area contributed by atoms with E-state index in [9.17, 15) is 8.42 Å². The highest BCUT2D eigenvalue weighted by atomic mass is 32.2. The monoisotopic (exact) mass is 218 g/mol. The Hall–Kier alpha value is -0.390. The van der Waals surface area contributed by atoms with E-state index in [1.807, 2.05) is 0 Å². The van der Waals surface area contributed by atoms with Crippen LogP contribution in [0.4, 0.5) is 0 Å². The normalized spacial score (nSPS) is 16.9. The van der Waals surface area contributed by atoms with Crippen LogP contribution in [0.5, 0.6) is 0 Å². The molecule has 0 aromatic rings. The second kappa shape index (κ2) is 5.48. The lowest BCUT2D eigenvalue weighted by Crippen LogP contribution is -2.29. The lowest BCUT2D eigenvalue weighted by molar-refractivity contribution is 0.576. The first-order valence-electron chi connectivity index (χ1n) is 4.95. The van der Waals surface area contributed by atoms with Gasteiger partial charge in [0, 0.05) is 12.6 Å². The number of rotatable bonds is 8. The van der Waals surface area contributed by atoms with Gasteiger partial charge in [-0.15, -0.1) is 6.58 Å². The minimum absolute atomic E-state index is 0.00303. The molecule has 1 aliphatic rings. The Morgan fingerprint density at radius 2 is 2.07 bits per heavy atom. The lowest BCUT2D eigenvalue weighted by atomic mass is 10.4. The Morgan fingerprint density at radius 1 is 1.36 bits per heavy atom. The molecule has 0 bridgehead atoms. The van der Waals surface area contributed by atoms with E-state index in [0.29, 0.717) is 12.6 Å². The maximum atomic E-state index is 11.1. The molecule has 82 valence electrons. The molecule has 1 aliphatic carbocycles. The van der Waals surface area contributed by atoms with E-state index in [1.54, 1.807) is 0 Å². The first-order chi connectivity index (χ1) is 6.64. The molecule has 2 N–H and O–H groups in total. The first-order valence-corrected chi connectivity index (χ1v) is 6.61. The van der Waals surface area contributed by atoms with Gasteiger partial charge in [-0.3, -0.25) is 0 Å². The quantitative estimate of drug-likeness (QED) is 0.453. The molecule has 0 atom stereocenters. The molecule has 5 heteroatoms. The van der Waals surface area contributed by atoms with E-state index in [4.69, 9.17) is 0 Å². The van der Waals surface area contributed by atoms with Gasteiger partial charge in [0.1, 0.15) is 0 Å². The second-order valence-corrected chi connectivity index (χ2v) is 5.40. The first kappa shape index (κ1) is 11.7. The molecule has 0 aliphatic heterocycles. The molecule has 1 saturated carbocycles. The molecular weight excluding hydrogens is 200 g/mol. The molecule has 0 saturated heterocycles. The average Bonchev–Trinajstić information content (AvgIpc) is 2.87. The van der Waals surface area contributed by atoms with Crippen molar-refractivity contribution in [2.45, 2.75) is 25.3 Å². The molecule has 14 heavy (non-hydrogen) atoms. The minimum Gasteiger partial charge on any atom is -0.314 e. The summed E-state index contributed by atoms with van der Waals surface area (Å²) in [5.74, 6) is 0.00303. The summed E-state index contributed by atoms with van der Waals surface area (Å²) in [6.45, 7) is 4.79. The third kappa shape index (κ3) is 5.36. The van der Waals surface area contributed by atoms with Crippen molar-refractivity contribution in [3.05, 3.63) is 12.7 Å². The van der Waals surface area contributed by atoms with Crippen molar-refractivity contribution < 1.29 is 8.42 Å². The summed E-state index contributed by atoms with van der Waals surface area (Å²) in [7, 11) is -3.11. The molecule has 1 fully saturated rings. The number of sulfonamides is 1. The summed E-state index contributed by atoms with van der Waals surface area (Å²) >= 11 is 0. The van der Waals surface area contributed by atoms with E-state index in [0.717, 1.165) is 13.0 Å². The summed E-state index contributed by atoms with van der Waals surface area (Å²) in [5, 5.41) is 3.32. The Kier molecular flexibility index (Phi) is 4.57. The third-order valence-electron chi connectivity index (χ3n) is 2.02. The van der Waals surface area contributed by atoms with Gasteiger partial charge < -0.3 is 5.32 Å². The van der Waals surface area contributed by atoms with Gasteiger partial charge in [0.05, 0.1) is 5.75 Å². The predicted octanol–water partition coefficient (Wildman–Crippen LogP) is 0.234. The molecule has 0 aromatic heterocycles. The van der Waals surface area contributed by atoms with Gasteiger partial charge in [-0.2, -0.15) is 0 Å². The Morgan fingerprint density at radius 3 is 2.64 bits per heavy atom. The van der Waals surface area contributed by atoms with Gasteiger partial charge in [0.25, 0.3) is 0 Å². The minimum atomic E-state index is -3.11. The number of hydrogen-bond donors (Lipinski definition) is 2. The smallest absolute Gasteiger partial charge is 0.215 e. The fourth-order valence-corrected chi connectivity index (χ4v) is 2.01. The zero-order chi connectivity index (χ0) is 10.4. The van der Waals surface area contributed by atoms with Crippen LogP contribution >= 0.6 is 0 Å². The van der Waals surface area contributed by atoms with Crippen molar-refractivity contribution in [2.75, 3.05) is 18.8 Å². The van der Waals surface area contributed by atoms with Crippen LogP contribution in [0.25, 0.3) is 0 Å². The fourth-order valence-electron chi connectivity index (χ4n) is 1.12. The van der Waals surface area contributed by atoms with Crippen LogP contribution in [0, 0.1) is 0 Å². The summed E-state index contributed by atoms with van der Waals surface area (Å²) in [5.41, 5.74) is 0. The zero-order valence-corrected chi connectivity index (χ0v) is 9.15. The van der Waals surface area contributed by atoms with Crippen LogP contribution in [-0.2, 0) is 10.0 Å². The molecule has 0 radical (unpaired) electrons. The maximum Gasteiger partial charge on any atom is 0.215 e. The van der Waals surface area contributed by atoms with Crippen LogP contribution < -0.4 is 10.0 Å². The summed E-state index contributed by atoms with van der Waals surface area (Å²) in [6.07, 6.45) is 4.77. The van der Waals surface area contributed by atoms with E-state index in [1.165, 1.54) is 18.9 Å².